The number of aromatic nitrogens is 2. The molecule has 192 valence electrons. The first-order chi connectivity index (χ1) is 17.7. The molecule has 8 nitrogen and oxygen atoms in total. The fourth-order valence-corrected chi connectivity index (χ4v) is 4.41. The number of hydrogen-bond donors (Lipinski definition) is 1. The fourth-order valence-electron chi connectivity index (χ4n) is 3.52. The third-order valence-electron chi connectivity index (χ3n) is 5.60. The molecule has 4 aromatic rings. The molecule has 2 aromatic carbocycles. The van der Waals surface area contributed by atoms with Crippen molar-refractivity contribution in [2.24, 2.45) is 0 Å². The molecule has 0 aliphatic heterocycles. The van der Waals surface area contributed by atoms with Crippen LogP contribution in [0.5, 0.6) is 0 Å². The molecule has 0 spiro atoms. The predicted octanol–water partition coefficient (Wildman–Crippen LogP) is 5.42. The third kappa shape index (κ3) is 6.33. The standard InChI is InChI=1S/C26H24ClFN4O4S/c1-3-37(34,35)26-29-14-23(24(31-26)25(33)30-20-11-6-17(2)22(27)13-20)32(16-21-5-4-12-36-21)15-18-7-9-19(28)10-8-18/h4-14H,3,15-16H2,1-2H3,(H,30,33). The van der Waals surface area contributed by atoms with Crippen LogP contribution in [0.25, 0.3) is 0 Å². The largest absolute Gasteiger partial charge is 0.467 e. The minimum atomic E-state index is -3.80. The summed E-state index contributed by atoms with van der Waals surface area (Å²) in [5.74, 6) is -0.666. The van der Waals surface area contributed by atoms with Crippen molar-refractivity contribution >= 4 is 38.7 Å². The molecular weight excluding hydrogens is 519 g/mol. The van der Waals surface area contributed by atoms with E-state index in [1.54, 1.807) is 47.4 Å². The number of rotatable bonds is 9. The maximum absolute atomic E-state index is 13.5. The molecule has 37 heavy (non-hydrogen) atoms. The SMILES string of the molecule is CCS(=O)(=O)c1ncc(N(Cc2ccc(F)cc2)Cc2ccco2)c(C(=O)Nc2ccc(C)c(Cl)c2)n1. The maximum atomic E-state index is 13.5. The summed E-state index contributed by atoms with van der Waals surface area (Å²) >= 11 is 6.21. The van der Waals surface area contributed by atoms with E-state index in [9.17, 15) is 17.6 Å². The highest BCUT2D eigenvalue weighted by Crippen LogP contribution is 2.27. The average Bonchev–Trinajstić information content (AvgIpc) is 3.40. The molecule has 0 saturated carbocycles. The molecule has 0 bridgehead atoms. The zero-order valence-electron chi connectivity index (χ0n) is 20.1. The number of benzene rings is 2. The first-order valence-corrected chi connectivity index (χ1v) is 13.4. The number of furan rings is 1. The molecule has 4 rings (SSSR count). The van der Waals surface area contributed by atoms with Crippen LogP contribution in [-0.2, 0) is 22.9 Å². The fraction of sp³-hybridized carbons (Fsp3) is 0.192. The molecular formula is C26H24ClFN4O4S. The van der Waals surface area contributed by atoms with Gasteiger partial charge in [-0.3, -0.25) is 4.79 Å². The highest BCUT2D eigenvalue weighted by molar-refractivity contribution is 7.91. The summed E-state index contributed by atoms with van der Waals surface area (Å²) in [5.41, 5.74) is 2.12. The van der Waals surface area contributed by atoms with Gasteiger partial charge >= 0.3 is 0 Å². The van der Waals surface area contributed by atoms with Crippen molar-refractivity contribution in [1.82, 2.24) is 9.97 Å². The van der Waals surface area contributed by atoms with Crippen LogP contribution < -0.4 is 10.2 Å². The molecule has 0 unspecified atom stereocenters. The van der Waals surface area contributed by atoms with Crippen LogP contribution in [0.15, 0.2) is 76.6 Å². The molecule has 0 aliphatic carbocycles. The number of hydrogen-bond acceptors (Lipinski definition) is 7. The van der Waals surface area contributed by atoms with Crippen LogP contribution in [0.3, 0.4) is 0 Å². The number of nitrogens with zero attached hydrogens (tertiary/aromatic N) is 3. The summed E-state index contributed by atoms with van der Waals surface area (Å²) in [4.78, 5) is 23.5. The van der Waals surface area contributed by atoms with Crippen molar-refractivity contribution < 1.29 is 22.0 Å². The van der Waals surface area contributed by atoms with Crippen LogP contribution in [0, 0.1) is 12.7 Å². The Kier molecular flexibility index (Phi) is 7.89. The summed E-state index contributed by atoms with van der Waals surface area (Å²) in [6.07, 6.45) is 2.83. The zero-order chi connectivity index (χ0) is 26.6. The number of carbonyl (C=O) groups is 1. The van der Waals surface area contributed by atoms with E-state index in [-0.39, 0.29) is 36.0 Å². The van der Waals surface area contributed by atoms with Gasteiger partial charge < -0.3 is 14.6 Å². The molecule has 0 radical (unpaired) electrons. The van der Waals surface area contributed by atoms with E-state index in [2.05, 4.69) is 15.3 Å². The Labute approximate surface area is 219 Å². The Hall–Kier alpha value is -3.76. The molecule has 1 N–H and O–H groups in total. The van der Waals surface area contributed by atoms with Crippen molar-refractivity contribution in [3.8, 4) is 0 Å². The topological polar surface area (TPSA) is 105 Å². The van der Waals surface area contributed by atoms with Gasteiger partial charge in [-0.1, -0.05) is 36.7 Å². The molecule has 2 heterocycles. The van der Waals surface area contributed by atoms with Gasteiger partial charge in [0.25, 0.3) is 5.91 Å². The lowest BCUT2D eigenvalue weighted by Gasteiger charge is -2.25. The number of halogens is 2. The van der Waals surface area contributed by atoms with E-state index in [1.165, 1.54) is 31.5 Å². The van der Waals surface area contributed by atoms with Crippen molar-refractivity contribution in [2.45, 2.75) is 32.1 Å². The van der Waals surface area contributed by atoms with Gasteiger partial charge in [0.05, 0.1) is 30.4 Å². The van der Waals surface area contributed by atoms with Crippen LogP contribution >= 0.6 is 11.6 Å². The van der Waals surface area contributed by atoms with Crippen LogP contribution in [-0.4, -0.2) is 30.0 Å². The number of carbonyl (C=O) groups excluding carboxylic acids is 1. The number of nitrogens with one attached hydrogen (secondary N) is 1. The lowest BCUT2D eigenvalue weighted by molar-refractivity contribution is 0.102. The van der Waals surface area contributed by atoms with Gasteiger partial charge in [-0.2, -0.15) is 0 Å². The Morgan fingerprint density at radius 2 is 1.89 bits per heavy atom. The van der Waals surface area contributed by atoms with Gasteiger partial charge in [0.15, 0.2) is 5.69 Å². The second-order valence-corrected chi connectivity index (χ2v) is 10.8. The van der Waals surface area contributed by atoms with E-state index in [0.717, 1.165) is 11.1 Å². The van der Waals surface area contributed by atoms with Gasteiger partial charge in [0.1, 0.15) is 11.6 Å². The number of sulfone groups is 1. The third-order valence-corrected chi connectivity index (χ3v) is 7.52. The van der Waals surface area contributed by atoms with Crippen LogP contribution in [0.2, 0.25) is 5.02 Å². The molecule has 1 amide bonds. The van der Waals surface area contributed by atoms with Crippen molar-refractivity contribution in [3.63, 3.8) is 0 Å². The van der Waals surface area contributed by atoms with Crippen molar-refractivity contribution in [3.05, 3.63) is 100 Å². The molecule has 0 aliphatic rings. The molecule has 11 heteroatoms. The number of amides is 1. The van der Waals surface area contributed by atoms with E-state index < -0.39 is 20.9 Å². The lowest BCUT2D eigenvalue weighted by atomic mass is 10.1. The monoisotopic (exact) mass is 542 g/mol. The summed E-state index contributed by atoms with van der Waals surface area (Å²) in [6.45, 7) is 3.75. The van der Waals surface area contributed by atoms with Crippen molar-refractivity contribution in [2.75, 3.05) is 16.0 Å². The van der Waals surface area contributed by atoms with Gasteiger partial charge in [-0.25, -0.2) is 22.8 Å². The van der Waals surface area contributed by atoms with E-state index in [0.29, 0.717) is 16.5 Å². The van der Waals surface area contributed by atoms with E-state index in [1.807, 2.05) is 6.92 Å². The first-order valence-electron chi connectivity index (χ1n) is 11.4. The summed E-state index contributed by atoms with van der Waals surface area (Å²) in [6, 6.07) is 14.4. The highest BCUT2D eigenvalue weighted by Gasteiger charge is 2.25. The average molecular weight is 543 g/mol. The van der Waals surface area contributed by atoms with Gasteiger partial charge in [-0.05, 0) is 54.4 Å². The quantitative estimate of drug-likeness (QED) is 0.281. The molecule has 0 atom stereocenters. The second kappa shape index (κ2) is 11.1. The lowest BCUT2D eigenvalue weighted by Crippen LogP contribution is -2.27. The number of anilines is 2. The summed E-state index contributed by atoms with van der Waals surface area (Å²) in [5, 5.41) is 2.75. The first kappa shape index (κ1) is 26.3. The summed E-state index contributed by atoms with van der Waals surface area (Å²) < 4.78 is 44.1. The Morgan fingerprint density at radius 1 is 1.14 bits per heavy atom. The van der Waals surface area contributed by atoms with Gasteiger partial charge in [-0.15, -0.1) is 0 Å². The zero-order valence-corrected chi connectivity index (χ0v) is 21.7. The Balaban J connectivity index is 1.79. The normalized spacial score (nSPS) is 11.4. The molecule has 0 fully saturated rings. The number of aryl methyl sites for hydroxylation is 1. The minimum absolute atomic E-state index is 0.146. The Bertz CT molecular complexity index is 1510. The van der Waals surface area contributed by atoms with Gasteiger partial charge in [0.2, 0.25) is 15.0 Å². The molecule has 2 aromatic heterocycles. The second-order valence-electron chi connectivity index (χ2n) is 8.27. The van der Waals surface area contributed by atoms with Crippen LogP contribution in [0.4, 0.5) is 15.8 Å². The minimum Gasteiger partial charge on any atom is -0.467 e. The smallest absolute Gasteiger partial charge is 0.276 e. The van der Waals surface area contributed by atoms with E-state index in [4.69, 9.17) is 16.0 Å². The predicted molar refractivity (Wildman–Crippen MR) is 139 cm³/mol. The van der Waals surface area contributed by atoms with E-state index >= 15 is 0 Å². The van der Waals surface area contributed by atoms with Crippen LogP contribution in [0.1, 0.15) is 34.3 Å². The van der Waals surface area contributed by atoms with Crippen molar-refractivity contribution in [1.29, 1.82) is 0 Å². The Morgan fingerprint density at radius 3 is 2.54 bits per heavy atom. The highest BCUT2D eigenvalue weighted by atomic mass is 35.5. The maximum Gasteiger partial charge on any atom is 0.276 e. The molecule has 0 saturated heterocycles. The van der Waals surface area contributed by atoms with Gasteiger partial charge in [0, 0.05) is 17.3 Å². The summed E-state index contributed by atoms with van der Waals surface area (Å²) in [7, 11) is -3.80.